The molecule has 0 aliphatic carbocycles. The van der Waals surface area contributed by atoms with Crippen LogP contribution in [0.5, 0.6) is 0 Å². The number of amides is 1. The Hall–Kier alpha value is -2.40. The molecule has 1 aromatic carbocycles. The molecule has 0 fully saturated rings. The molecule has 5 nitrogen and oxygen atoms in total. The maximum absolute atomic E-state index is 11.2. The second-order valence-corrected chi connectivity index (χ2v) is 5.76. The number of aromatic nitrogens is 1. The summed E-state index contributed by atoms with van der Waals surface area (Å²) < 4.78 is 0. The van der Waals surface area contributed by atoms with Crippen molar-refractivity contribution in [2.24, 2.45) is 5.84 Å². The van der Waals surface area contributed by atoms with Crippen LogP contribution < -0.4 is 16.2 Å². The maximum atomic E-state index is 11.2. The molecule has 0 atom stereocenters. The van der Waals surface area contributed by atoms with Crippen LogP contribution in [0, 0.1) is 0 Å². The quantitative estimate of drug-likeness (QED) is 0.443. The van der Waals surface area contributed by atoms with E-state index in [9.17, 15) is 4.79 Å². The van der Waals surface area contributed by atoms with Crippen molar-refractivity contribution in [1.82, 2.24) is 10.4 Å². The van der Waals surface area contributed by atoms with Crippen LogP contribution in [0.25, 0.3) is 0 Å². The second kappa shape index (κ2) is 9.03. The van der Waals surface area contributed by atoms with E-state index in [1.807, 2.05) is 18.3 Å². The summed E-state index contributed by atoms with van der Waals surface area (Å²) in [6, 6.07) is 12.3. The summed E-state index contributed by atoms with van der Waals surface area (Å²) in [5, 5.41) is 0. The zero-order chi connectivity index (χ0) is 17.4. The zero-order valence-electron chi connectivity index (χ0n) is 14.5. The van der Waals surface area contributed by atoms with Gasteiger partial charge in [0, 0.05) is 19.3 Å². The lowest BCUT2D eigenvalue weighted by Gasteiger charge is -2.19. The van der Waals surface area contributed by atoms with Gasteiger partial charge < -0.3 is 4.90 Å². The Morgan fingerprint density at radius 1 is 1.00 bits per heavy atom. The van der Waals surface area contributed by atoms with Crippen molar-refractivity contribution in [3.8, 4) is 0 Å². The highest BCUT2D eigenvalue weighted by Crippen LogP contribution is 2.13. The van der Waals surface area contributed by atoms with E-state index >= 15 is 0 Å². The largest absolute Gasteiger partial charge is 0.357 e. The zero-order valence-corrected chi connectivity index (χ0v) is 14.5. The van der Waals surface area contributed by atoms with Crippen LogP contribution in [0.1, 0.15) is 30.5 Å². The molecule has 3 N–H and O–H groups in total. The van der Waals surface area contributed by atoms with Crippen molar-refractivity contribution in [3.63, 3.8) is 0 Å². The number of hydrogen-bond donors (Lipinski definition) is 2. The SMILES string of the molecule is CCN(CC)c1ccc(CCc2ccc(CC(=O)NN)cc2)cn1. The van der Waals surface area contributed by atoms with Gasteiger partial charge in [0.1, 0.15) is 5.82 Å². The number of benzene rings is 1. The number of nitrogens with two attached hydrogens (primary N) is 1. The summed E-state index contributed by atoms with van der Waals surface area (Å²) in [5.41, 5.74) is 5.59. The normalized spacial score (nSPS) is 10.5. The number of rotatable bonds is 8. The molecule has 0 bridgehead atoms. The first-order chi connectivity index (χ1) is 11.7. The van der Waals surface area contributed by atoms with E-state index < -0.39 is 0 Å². The molecule has 24 heavy (non-hydrogen) atoms. The summed E-state index contributed by atoms with van der Waals surface area (Å²) in [4.78, 5) is 18.0. The predicted molar refractivity (Wildman–Crippen MR) is 97.7 cm³/mol. The van der Waals surface area contributed by atoms with Crippen molar-refractivity contribution in [2.75, 3.05) is 18.0 Å². The van der Waals surface area contributed by atoms with Gasteiger partial charge in [0.2, 0.25) is 5.91 Å². The summed E-state index contributed by atoms with van der Waals surface area (Å²) in [6.07, 6.45) is 4.19. The fraction of sp³-hybridized carbons (Fsp3) is 0.368. The van der Waals surface area contributed by atoms with Crippen LogP contribution in [0.4, 0.5) is 5.82 Å². The van der Waals surface area contributed by atoms with E-state index in [1.165, 1.54) is 11.1 Å². The van der Waals surface area contributed by atoms with Crippen molar-refractivity contribution in [1.29, 1.82) is 0 Å². The fourth-order valence-corrected chi connectivity index (χ4v) is 2.65. The smallest absolute Gasteiger partial charge is 0.238 e. The highest BCUT2D eigenvalue weighted by Gasteiger charge is 2.04. The molecule has 128 valence electrons. The fourth-order valence-electron chi connectivity index (χ4n) is 2.65. The third-order valence-corrected chi connectivity index (χ3v) is 4.15. The topological polar surface area (TPSA) is 71.2 Å². The summed E-state index contributed by atoms with van der Waals surface area (Å²) in [6.45, 7) is 6.22. The van der Waals surface area contributed by atoms with Crippen LogP contribution >= 0.6 is 0 Å². The first kappa shape index (κ1) is 17.9. The molecular weight excluding hydrogens is 300 g/mol. The number of nitrogens with zero attached hydrogens (tertiary/aromatic N) is 2. The number of anilines is 1. The molecule has 0 spiro atoms. The molecular formula is C19H26N4O. The molecule has 2 rings (SSSR count). The average molecular weight is 326 g/mol. The van der Waals surface area contributed by atoms with Gasteiger partial charge in [-0.2, -0.15) is 0 Å². The Balaban J connectivity index is 1.90. The number of hydrogen-bond acceptors (Lipinski definition) is 4. The molecule has 2 aromatic rings. The van der Waals surface area contributed by atoms with Gasteiger partial charge in [-0.05, 0) is 49.4 Å². The van der Waals surface area contributed by atoms with Crippen molar-refractivity contribution >= 4 is 11.7 Å². The molecule has 1 amide bonds. The Labute approximate surface area is 143 Å². The lowest BCUT2D eigenvalue weighted by Crippen LogP contribution is -2.31. The van der Waals surface area contributed by atoms with E-state index in [4.69, 9.17) is 5.84 Å². The van der Waals surface area contributed by atoms with Crippen LogP contribution in [-0.4, -0.2) is 24.0 Å². The number of pyridine rings is 1. The third kappa shape index (κ3) is 5.06. The average Bonchev–Trinajstić information content (AvgIpc) is 2.63. The van der Waals surface area contributed by atoms with E-state index in [-0.39, 0.29) is 5.91 Å². The van der Waals surface area contributed by atoms with Gasteiger partial charge in [0.25, 0.3) is 0 Å². The van der Waals surface area contributed by atoms with Gasteiger partial charge >= 0.3 is 0 Å². The van der Waals surface area contributed by atoms with Gasteiger partial charge in [-0.15, -0.1) is 0 Å². The van der Waals surface area contributed by atoms with Crippen molar-refractivity contribution < 1.29 is 4.79 Å². The minimum Gasteiger partial charge on any atom is -0.357 e. The molecule has 5 heteroatoms. The molecule has 0 radical (unpaired) electrons. The molecule has 1 aromatic heterocycles. The minimum atomic E-state index is -0.179. The Kier molecular flexibility index (Phi) is 6.75. The molecule has 0 aliphatic heterocycles. The lowest BCUT2D eigenvalue weighted by atomic mass is 10.0. The standard InChI is InChI=1S/C19H26N4O/c1-3-23(4-2)18-12-11-17(14-21-18)10-7-15-5-8-16(9-6-15)13-19(24)22-20/h5-6,8-9,11-12,14H,3-4,7,10,13,20H2,1-2H3,(H,22,24). The summed E-state index contributed by atoms with van der Waals surface area (Å²) >= 11 is 0. The first-order valence-electron chi connectivity index (χ1n) is 8.43. The highest BCUT2D eigenvalue weighted by molar-refractivity contribution is 5.77. The van der Waals surface area contributed by atoms with Crippen molar-refractivity contribution in [3.05, 3.63) is 59.3 Å². The number of nitrogens with one attached hydrogen (secondary N) is 1. The Morgan fingerprint density at radius 3 is 2.12 bits per heavy atom. The van der Waals surface area contributed by atoms with Gasteiger partial charge in [0.15, 0.2) is 0 Å². The molecule has 0 aliphatic rings. The highest BCUT2D eigenvalue weighted by atomic mass is 16.2. The second-order valence-electron chi connectivity index (χ2n) is 5.76. The maximum Gasteiger partial charge on any atom is 0.238 e. The number of aryl methyl sites for hydroxylation is 2. The van der Waals surface area contributed by atoms with Gasteiger partial charge in [0.05, 0.1) is 6.42 Å². The monoisotopic (exact) mass is 326 g/mol. The van der Waals surface area contributed by atoms with E-state index in [1.54, 1.807) is 0 Å². The lowest BCUT2D eigenvalue weighted by molar-refractivity contribution is -0.120. The number of carbonyl (C=O) groups is 1. The van der Waals surface area contributed by atoms with Gasteiger partial charge in [-0.25, -0.2) is 10.8 Å². The van der Waals surface area contributed by atoms with E-state index in [0.717, 1.165) is 37.3 Å². The van der Waals surface area contributed by atoms with Crippen LogP contribution in [0.2, 0.25) is 0 Å². The van der Waals surface area contributed by atoms with E-state index in [2.05, 4.69) is 53.4 Å². The minimum absolute atomic E-state index is 0.179. The number of carbonyl (C=O) groups excluding carboxylic acids is 1. The molecule has 0 unspecified atom stereocenters. The Morgan fingerprint density at radius 2 is 1.58 bits per heavy atom. The first-order valence-corrected chi connectivity index (χ1v) is 8.43. The number of hydrazine groups is 1. The Bertz CT molecular complexity index is 633. The van der Waals surface area contributed by atoms with Crippen LogP contribution in [-0.2, 0) is 24.1 Å². The third-order valence-electron chi connectivity index (χ3n) is 4.15. The van der Waals surface area contributed by atoms with Crippen LogP contribution in [0.3, 0.4) is 0 Å². The summed E-state index contributed by atoms with van der Waals surface area (Å²) in [5.74, 6) is 5.96. The molecule has 0 saturated carbocycles. The van der Waals surface area contributed by atoms with Gasteiger partial charge in [-0.1, -0.05) is 30.3 Å². The summed E-state index contributed by atoms with van der Waals surface area (Å²) in [7, 11) is 0. The molecule has 1 heterocycles. The predicted octanol–water partition coefficient (Wildman–Crippen LogP) is 2.25. The van der Waals surface area contributed by atoms with Gasteiger partial charge in [-0.3, -0.25) is 10.2 Å². The van der Waals surface area contributed by atoms with E-state index in [0.29, 0.717) is 6.42 Å². The van der Waals surface area contributed by atoms with Crippen molar-refractivity contribution in [2.45, 2.75) is 33.1 Å². The van der Waals surface area contributed by atoms with Crippen LogP contribution in [0.15, 0.2) is 42.6 Å². The molecule has 0 saturated heterocycles.